The summed E-state index contributed by atoms with van der Waals surface area (Å²) in [5, 5.41) is 3.35. The highest BCUT2D eigenvalue weighted by Gasteiger charge is 2.29. The van der Waals surface area contributed by atoms with E-state index in [1.165, 1.54) is 11.1 Å². The summed E-state index contributed by atoms with van der Waals surface area (Å²) in [5.74, 6) is 0.895. The van der Waals surface area contributed by atoms with E-state index < -0.39 is 0 Å². The standard InChI is InChI=1S/C29H35N5O/c1-22-9-11-24(12-10-22)26-18-30-29(31-19-26)34-15-5-8-25(21-34)28(35)32-27-13-16-33(17-14-27)20-23-6-3-2-4-7-23/h2-4,6-7,9-12,18-19,25,27H,5,8,13-17,20-21H2,1H3,(H,32,35)/t25-/m0/s1. The van der Waals surface area contributed by atoms with E-state index in [-0.39, 0.29) is 17.9 Å². The summed E-state index contributed by atoms with van der Waals surface area (Å²) in [6, 6.07) is 19.3. The average Bonchev–Trinajstić information content (AvgIpc) is 2.91. The highest BCUT2D eigenvalue weighted by Crippen LogP contribution is 2.24. The first-order chi connectivity index (χ1) is 17.1. The Hall–Kier alpha value is -3.25. The average molecular weight is 470 g/mol. The number of hydrogen-bond acceptors (Lipinski definition) is 5. The number of carbonyl (C=O) groups excluding carboxylic acids is 1. The minimum Gasteiger partial charge on any atom is -0.353 e. The highest BCUT2D eigenvalue weighted by molar-refractivity contribution is 5.79. The van der Waals surface area contributed by atoms with Gasteiger partial charge in [-0.15, -0.1) is 0 Å². The lowest BCUT2D eigenvalue weighted by Crippen LogP contribution is -2.49. The third-order valence-electron chi connectivity index (χ3n) is 7.28. The van der Waals surface area contributed by atoms with Crippen LogP contribution in [0.25, 0.3) is 11.1 Å². The van der Waals surface area contributed by atoms with Crippen molar-refractivity contribution in [2.75, 3.05) is 31.1 Å². The molecule has 35 heavy (non-hydrogen) atoms. The number of anilines is 1. The molecule has 0 bridgehead atoms. The second kappa shape index (κ2) is 11.0. The number of nitrogens with zero attached hydrogens (tertiary/aromatic N) is 4. The van der Waals surface area contributed by atoms with Crippen LogP contribution >= 0.6 is 0 Å². The van der Waals surface area contributed by atoms with Crippen LogP contribution < -0.4 is 10.2 Å². The summed E-state index contributed by atoms with van der Waals surface area (Å²) in [6.45, 7) is 6.70. The van der Waals surface area contributed by atoms with Crippen LogP contribution in [-0.4, -0.2) is 53.0 Å². The van der Waals surface area contributed by atoms with Gasteiger partial charge in [-0.1, -0.05) is 60.2 Å². The van der Waals surface area contributed by atoms with Crippen molar-refractivity contribution in [3.05, 3.63) is 78.1 Å². The Morgan fingerprint density at radius 1 is 0.914 bits per heavy atom. The van der Waals surface area contributed by atoms with E-state index in [1.54, 1.807) is 0 Å². The Bertz CT molecular complexity index is 1090. The predicted octanol–water partition coefficient (Wildman–Crippen LogP) is 4.45. The number of piperidine rings is 2. The molecule has 1 amide bonds. The van der Waals surface area contributed by atoms with Crippen LogP contribution in [0.2, 0.25) is 0 Å². The fourth-order valence-corrected chi connectivity index (χ4v) is 5.15. The second-order valence-electron chi connectivity index (χ2n) is 9.97. The highest BCUT2D eigenvalue weighted by atomic mass is 16.2. The molecular formula is C29H35N5O. The van der Waals surface area contributed by atoms with Gasteiger partial charge in [-0.3, -0.25) is 9.69 Å². The summed E-state index contributed by atoms with van der Waals surface area (Å²) in [7, 11) is 0. The van der Waals surface area contributed by atoms with Crippen LogP contribution in [0, 0.1) is 12.8 Å². The van der Waals surface area contributed by atoms with Crippen molar-refractivity contribution in [1.82, 2.24) is 20.2 Å². The number of likely N-dealkylation sites (tertiary alicyclic amines) is 1. The minimum absolute atomic E-state index is 0.00789. The summed E-state index contributed by atoms with van der Waals surface area (Å²) < 4.78 is 0. The van der Waals surface area contributed by atoms with Crippen molar-refractivity contribution in [1.29, 1.82) is 0 Å². The zero-order valence-electron chi connectivity index (χ0n) is 20.6. The van der Waals surface area contributed by atoms with Gasteiger partial charge in [0.05, 0.1) is 5.92 Å². The largest absolute Gasteiger partial charge is 0.353 e. The first-order valence-electron chi connectivity index (χ1n) is 12.8. The third kappa shape index (κ3) is 6.06. The van der Waals surface area contributed by atoms with Crippen LogP contribution in [0.5, 0.6) is 0 Å². The molecule has 1 N–H and O–H groups in total. The molecule has 1 aromatic heterocycles. The van der Waals surface area contributed by atoms with Crippen molar-refractivity contribution in [3.8, 4) is 11.1 Å². The lowest BCUT2D eigenvalue weighted by atomic mass is 9.96. The Kier molecular flexibility index (Phi) is 7.38. The molecular weight excluding hydrogens is 434 g/mol. The molecule has 0 radical (unpaired) electrons. The number of rotatable bonds is 6. The molecule has 6 heteroatoms. The van der Waals surface area contributed by atoms with Gasteiger partial charge in [0.25, 0.3) is 0 Å². The number of aromatic nitrogens is 2. The Labute approximate surface area is 208 Å². The lowest BCUT2D eigenvalue weighted by Gasteiger charge is -2.35. The van der Waals surface area contributed by atoms with Gasteiger partial charge in [0.1, 0.15) is 0 Å². The molecule has 2 saturated heterocycles. The number of aryl methyl sites for hydroxylation is 1. The number of amides is 1. The monoisotopic (exact) mass is 469 g/mol. The van der Waals surface area contributed by atoms with E-state index >= 15 is 0 Å². The molecule has 2 aliphatic heterocycles. The van der Waals surface area contributed by atoms with E-state index in [0.29, 0.717) is 12.5 Å². The van der Waals surface area contributed by atoms with Gasteiger partial charge >= 0.3 is 0 Å². The fourth-order valence-electron chi connectivity index (χ4n) is 5.15. The van der Waals surface area contributed by atoms with Crippen molar-refractivity contribution < 1.29 is 4.79 Å². The van der Waals surface area contributed by atoms with Crippen LogP contribution in [0.3, 0.4) is 0 Å². The quantitative estimate of drug-likeness (QED) is 0.578. The molecule has 6 nitrogen and oxygen atoms in total. The molecule has 0 aliphatic carbocycles. The number of carbonyl (C=O) groups is 1. The molecule has 2 fully saturated rings. The summed E-state index contributed by atoms with van der Waals surface area (Å²) in [5.41, 5.74) is 4.72. The maximum absolute atomic E-state index is 13.1. The molecule has 1 atom stereocenters. The van der Waals surface area contributed by atoms with E-state index in [1.807, 2.05) is 12.4 Å². The van der Waals surface area contributed by atoms with Crippen LogP contribution in [-0.2, 0) is 11.3 Å². The smallest absolute Gasteiger partial charge is 0.225 e. The summed E-state index contributed by atoms with van der Waals surface area (Å²) in [6.07, 6.45) is 7.71. The van der Waals surface area contributed by atoms with Gasteiger partial charge in [-0.2, -0.15) is 0 Å². The van der Waals surface area contributed by atoms with Crippen molar-refractivity contribution >= 4 is 11.9 Å². The Morgan fingerprint density at radius 3 is 2.34 bits per heavy atom. The molecule has 2 aromatic carbocycles. The molecule has 3 aromatic rings. The van der Waals surface area contributed by atoms with E-state index in [2.05, 4.69) is 86.6 Å². The predicted molar refractivity (Wildman–Crippen MR) is 140 cm³/mol. The minimum atomic E-state index is -0.00789. The molecule has 0 unspecified atom stereocenters. The molecule has 3 heterocycles. The van der Waals surface area contributed by atoms with Crippen molar-refractivity contribution in [2.24, 2.45) is 5.92 Å². The zero-order valence-corrected chi connectivity index (χ0v) is 20.6. The number of hydrogen-bond donors (Lipinski definition) is 1. The SMILES string of the molecule is Cc1ccc(-c2cnc(N3CCC[C@H](C(=O)NC4CCN(Cc5ccccc5)CC4)C3)nc2)cc1. The van der Waals surface area contributed by atoms with E-state index in [9.17, 15) is 4.79 Å². The topological polar surface area (TPSA) is 61.4 Å². The fraction of sp³-hybridized carbons (Fsp3) is 0.414. The normalized spacial score (nSPS) is 19.5. The first kappa shape index (κ1) is 23.5. The molecule has 182 valence electrons. The summed E-state index contributed by atoms with van der Waals surface area (Å²) >= 11 is 0. The molecule has 0 saturated carbocycles. The van der Waals surface area contributed by atoms with Gasteiger partial charge < -0.3 is 10.2 Å². The Balaban J connectivity index is 1.11. The lowest BCUT2D eigenvalue weighted by molar-refractivity contribution is -0.126. The molecule has 5 rings (SSSR count). The van der Waals surface area contributed by atoms with Gasteiger partial charge in [0.15, 0.2) is 0 Å². The van der Waals surface area contributed by atoms with Gasteiger partial charge in [-0.25, -0.2) is 9.97 Å². The molecule has 2 aliphatic rings. The van der Waals surface area contributed by atoms with Gasteiger partial charge in [0.2, 0.25) is 11.9 Å². The molecule has 0 spiro atoms. The zero-order chi connectivity index (χ0) is 24.0. The van der Waals surface area contributed by atoms with Crippen LogP contribution in [0.4, 0.5) is 5.95 Å². The second-order valence-corrected chi connectivity index (χ2v) is 9.97. The maximum Gasteiger partial charge on any atom is 0.225 e. The van der Waals surface area contributed by atoms with Gasteiger partial charge in [-0.05, 0) is 43.7 Å². The summed E-state index contributed by atoms with van der Waals surface area (Å²) in [4.78, 5) is 27.0. The van der Waals surface area contributed by atoms with E-state index in [4.69, 9.17) is 0 Å². The first-order valence-corrected chi connectivity index (χ1v) is 12.8. The van der Waals surface area contributed by atoms with Crippen LogP contribution in [0.15, 0.2) is 67.0 Å². The number of benzene rings is 2. The van der Waals surface area contributed by atoms with Crippen LogP contribution in [0.1, 0.15) is 36.8 Å². The van der Waals surface area contributed by atoms with Gasteiger partial charge in [0, 0.05) is 56.7 Å². The third-order valence-corrected chi connectivity index (χ3v) is 7.28. The van der Waals surface area contributed by atoms with E-state index in [0.717, 1.165) is 63.0 Å². The maximum atomic E-state index is 13.1. The Morgan fingerprint density at radius 2 is 1.63 bits per heavy atom. The number of nitrogens with one attached hydrogen (secondary N) is 1. The van der Waals surface area contributed by atoms with Crippen molar-refractivity contribution in [2.45, 2.75) is 45.2 Å². The van der Waals surface area contributed by atoms with Crippen molar-refractivity contribution in [3.63, 3.8) is 0 Å².